The third-order valence-electron chi connectivity index (χ3n) is 4.71. The zero-order valence-electron chi connectivity index (χ0n) is 15.8. The van der Waals surface area contributed by atoms with Gasteiger partial charge >= 0.3 is 0 Å². The van der Waals surface area contributed by atoms with Crippen molar-refractivity contribution >= 4 is 8.32 Å². The van der Waals surface area contributed by atoms with Gasteiger partial charge in [0.15, 0.2) is 0 Å². The van der Waals surface area contributed by atoms with Crippen LogP contribution in [0.3, 0.4) is 0 Å². The van der Waals surface area contributed by atoms with Crippen LogP contribution in [0.25, 0.3) is 0 Å². The fraction of sp³-hybridized carbons (Fsp3) is 0.900. The Bertz CT molecular complexity index is 224. The van der Waals surface area contributed by atoms with Crippen LogP contribution >= 0.6 is 0 Å². The minimum Gasteiger partial charge on any atom is -0.413 e. The molecule has 22 heavy (non-hydrogen) atoms. The minimum absolute atomic E-state index is 0.865. The third kappa shape index (κ3) is 11.5. The van der Waals surface area contributed by atoms with E-state index in [-0.39, 0.29) is 0 Å². The van der Waals surface area contributed by atoms with E-state index in [1.165, 1.54) is 89.1 Å². The molecule has 132 valence electrons. The van der Waals surface area contributed by atoms with Gasteiger partial charge in [-0.25, -0.2) is 0 Å². The van der Waals surface area contributed by atoms with Crippen LogP contribution in [0, 0.1) is 0 Å². The highest BCUT2D eigenvalue weighted by atomic mass is 28.4. The van der Waals surface area contributed by atoms with Crippen molar-refractivity contribution in [2.24, 2.45) is 0 Å². The van der Waals surface area contributed by atoms with E-state index in [1.54, 1.807) is 0 Å². The lowest BCUT2D eigenvalue weighted by Gasteiger charge is -2.28. The van der Waals surface area contributed by atoms with Crippen molar-refractivity contribution in [2.45, 2.75) is 110 Å². The molecule has 0 saturated heterocycles. The molecule has 0 N–H and O–H groups in total. The Morgan fingerprint density at radius 1 is 0.682 bits per heavy atom. The molecule has 0 heterocycles. The molecule has 2 heteroatoms. The lowest BCUT2D eigenvalue weighted by molar-refractivity contribution is 0.324. The van der Waals surface area contributed by atoms with Crippen molar-refractivity contribution < 1.29 is 4.43 Å². The van der Waals surface area contributed by atoms with Crippen LogP contribution in [0.2, 0.25) is 12.1 Å². The van der Waals surface area contributed by atoms with Gasteiger partial charge in [0.1, 0.15) is 0 Å². The summed E-state index contributed by atoms with van der Waals surface area (Å²) in [6.07, 6.45) is 16.5. The quantitative estimate of drug-likeness (QED) is 0.200. The summed E-state index contributed by atoms with van der Waals surface area (Å²) in [5.41, 5.74) is 2.23. The van der Waals surface area contributed by atoms with Gasteiger partial charge in [-0.05, 0) is 19.0 Å². The van der Waals surface area contributed by atoms with Crippen LogP contribution in [0.15, 0.2) is 12.3 Å². The van der Waals surface area contributed by atoms with Gasteiger partial charge in [-0.2, -0.15) is 0 Å². The van der Waals surface area contributed by atoms with Crippen molar-refractivity contribution in [2.75, 3.05) is 6.61 Å². The van der Waals surface area contributed by atoms with Crippen molar-refractivity contribution in [3.8, 4) is 0 Å². The Balaban J connectivity index is 3.97. The van der Waals surface area contributed by atoms with Crippen LogP contribution in [0.5, 0.6) is 0 Å². The molecule has 0 aliphatic heterocycles. The Kier molecular flexibility index (Phi) is 15.7. The summed E-state index contributed by atoms with van der Waals surface area (Å²) in [6, 6.07) is 2.59. The van der Waals surface area contributed by atoms with E-state index in [1.807, 2.05) is 0 Å². The smallest absolute Gasteiger partial charge is 0.216 e. The van der Waals surface area contributed by atoms with Gasteiger partial charge in [-0.15, -0.1) is 6.58 Å². The van der Waals surface area contributed by atoms with Crippen LogP contribution in [0.4, 0.5) is 0 Å². The lowest BCUT2D eigenvalue weighted by atomic mass is 10.1. The van der Waals surface area contributed by atoms with E-state index in [0.29, 0.717) is 0 Å². The Hall–Kier alpha value is -0.0831. The molecular formula is C20H42OSi. The molecule has 0 aromatic rings. The molecule has 0 aromatic carbocycles. The molecule has 0 spiro atoms. The molecule has 0 amide bonds. The first-order valence-electron chi connectivity index (χ1n) is 10.0. The van der Waals surface area contributed by atoms with Crippen molar-refractivity contribution in [3.05, 3.63) is 12.3 Å². The first kappa shape index (κ1) is 21.9. The van der Waals surface area contributed by atoms with Crippen molar-refractivity contribution in [1.82, 2.24) is 0 Å². The van der Waals surface area contributed by atoms with E-state index in [4.69, 9.17) is 4.43 Å². The monoisotopic (exact) mass is 326 g/mol. The summed E-state index contributed by atoms with van der Waals surface area (Å²) in [5, 5.41) is 0. The fourth-order valence-corrected chi connectivity index (χ4v) is 6.57. The van der Waals surface area contributed by atoms with E-state index in [2.05, 4.69) is 33.0 Å². The van der Waals surface area contributed by atoms with Gasteiger partial charge in [0, 0.05) is 6.61 Å². The molecule has 0 aliphatic carbocycles. The fourth-order valence-electron chi connectivity index (χ4n) is 3.23. The Labute approximate surface area is 142 Å². The van der Waals surface area contributed by atoms with Gasteiger partial charge in [-0.3, -0.25) is 0 Å². The van der Waals surface area contributed by atoms with Crippen molar-refractivity contribution in [3.63, 3.8) is 0 Å². The second-order valence-electron chi connectivity index (χ2n) is 6.74. The predicted molar refractivity (Wildman–Crippen MR) is 104 cm³/mol. The van der Waals surface area contributed by atoms with Gasteiger partial charge < -0.3 is 4.43 Å². The molecule has 0 unspecified atom stereocenters. The summed E-state index contributed by atoms with van der Waals surface area (Å²) in [5.74, 6) is 0. The molecule has 1 nitrogen and oxygen atoms in total. The standard InChI is InChI=1S/C20H42OSi/c1-5-9-11-13-15-17-19-22(8-4,21-7-3)20-18-16-14-12-10-6-2/h8H,4-7,9-20H2,1-3H3. The van der Waals surface area contributed by atoms with E-state index in [0.717, 1.165) is 6.61 Å². The molecule has 0 radical (unpaired) electrons. The Morgan fingerprint density at radius 3 is 1.45 bits per heavy atom. The molecule has 0 atom stereocenters. The third-order valence-corrected chi connectivity index (χ3v) is 8.72. The van der Waals surface area contributed by atoms with Crippen LogP contribution in [-0.4, -0.2) is 14.9 Å². The van der Waals surface area contributed by atoms with Gasteiger partial charge in [0.2, 0.25) is 8.32 Å². The van der Waals surface area contributed by atoms with Crippen LogP contribution in [-0.2, 0) is 4.43 Å². The normalized spacial score (nSPS) is 11.8. The van der Waals surface area contributed by atoms with Gasteiger partial charge in [0.05, 0.1) is 0 Å². The summed E-state index contributed by atoms with van der Waals surface area (Å²) in [7, 11) is -1.64. The number of unbranched alkanes of at least 4 members (excludes halogenated alkanes) is 10. The van der Waals surface area contributed by atoms with Gasteiger partial charge in [0.25, 0.3) is 0 Å². The summed E-state index contributed by atoms with van der Waals surface area (Å²) >= 11 is 0. The molecule has 0 aliphatic rings. The summed E-state index contributed by atoms with van der Waals surface area (Å²) < 4.78 is 6.26. The van der Waals surface area contributed by atoms with Crippen molar-refractivity contribution in [1.29, 1.82) is 0 Å². The number of hydrogen-bond donors (Lipinski definition) is 0. The summed E-state index contributed by atoms with van der Waals surface area (Å²) in [4.78, 5) is 0. The first-order valence-corrected chi connectivity index (χ1v) is 12.4. The maximum atomic E-state index is 6.26. The van der Waals surface area contributed by atoms with E-state index >= 15 is 0 Å². The molecule has 0 rings (SSSR count). The number of rotatable bonds is 17. The minimum atomic E-state index is -1.64. The van der Waals surface area contributed by atoms with Crippen LogP contribution < -0.4 is 0 Å². The molecule has 0 fully saturated rings. The molecule has 0 aromatic heterocycles. The highest BCUT2D eigenvalue weighted by Crippen LogP contribution is 2.26. The predicted octanol–water partition coefficient (Wildman–Crippen LogP) is 7.41. The highest BCUT2D eigenvalue weighted by Gasteiger charge is 2.29. The molecular weight excluding hydrogens is 284 g/mol. The zero-order valence-corrected chi connectivity index (χ0v) is 16.8. The molecule has 0 saturated carbocycles. The van der Waals surface area contributed by atoms with Gasteiger partial charge in [-0.1, -0.05) is 96.6 Å². The summed E-state index contributed by atoms with van der Waals surface area (Å²) in [6.45, 7) is 11.7. The first-order chi connectivity index (χ1) is 10.7. The van der Waals surface area contributed by atoms with E-state index in [9.17, 15) is 0 Å². The van der Waals surface area contributed by atoms with E-state index < -0.39 is 8.32 Å². The zero-order chi connectivity index (χ0) is 16.5. The maximum absolute atomic E-state index is 6.26. The van der Waals surface area contributed by atoms with Crippen LogP contribution in [0.1, 0.15) is 97.8 Å². The Morgan fingerprint density at radius 2 is 1.09 bits per heavy atom. The SMILES string of the molecule is C=C[Si](CCCCCCCC)(CCCCCCCC)OCC. The molecule has 0 bridgehead atoms. The average molecular weight is 327 g/mol. The second kappa shape index (κ2) is 15.8. The maximum Gasteiger partial charge on any atom is 0.216 e. The largest absolute Gasteiger partial charge is 0.413 e. The second-order valence-corrected chi connectivity index (χ2v) is 10.6. The topological polar surface area (TPSA) is 9.23 Å². The highest BCUT2D eigenvalue weighted by molar-refractivity contribution is 6.78. The average Bonchev–Trinajstić information content (AvgIpc) is 2.54. The lowest BCUT2D eigenvalue weighted by Crippen LogP contribution is -2.36. The number of hydrogen-bond acceptors (Lipinski definition) is 1.